The number of nitrogens with zero attached hydrogens (tertiary/aromatic N) is 1. The molecule has 0 aromatic heterocycles. The quantitative estimate of drug-likeness (QED) is 0.586. The van der Waals surface area contributed by atoms with E-state index in [9.17, 15) is 9.67 Å². The van der Waals surface area contributed by atoms with E-state index in [0.29, 0.717) is 5.56 Å². The largest absolute Gasteiger partial charge is 0.508 e. The molecule has 0 radical (unpaired) electrons. The number of hydrogen-bond acceptors (Lipinski definition) is 5. The molecule has 0 saturated carbocycles. The summed E-state index contributed by atoms with van der Waals surface area (Å²) in [5.41, 5.74) is 0.590. The number of phenolic OH excluding ortho intramolecular Hbond substituents is 1. The van der Waals surface area contributed by atoms with E-state index in [1.54, 1.807) is 18.2 Å². The van der Waals surface area contributed by atoms with Gasteiger partial charge >= 0.3 is 7.60 Å². The Morgan fingerprint density at radius 1 is 1.09 bits per heavy atom. The van der Waals surface area contributed by atoms with Crippen LogP contribution in [0.25, 0.3) is 0 Å². The number of benzene rings is 1. The SMILES string of the molecule is CCCCN(CCCC)C(c1ccccc1O)P(=O)(OC)OC. The van der Waals surface area contributed by atoms with E-state index in [1.165, 1.54) is 14.2 Å². The Hall–Kier alpha value is -0.870. The second-order valence-electron chi connectivity index (χ2n) is 5.58. The van der Waals surface area contributed by atoms with Crippen LogP contribution < -0.4 is 0 Å². The van der Waals surface area contributed by atoms with Gasteiger partial charge in [-0.25, -0.2) is 0 Å². The third-order valence-corrected chi connectivity index (χ3v) is 6.19. The molecule has 0 fully saturated rings. The first kappa shape index (κ1) is 20.2. The zero-order valence-electron chi connectivity index (χ0n) is 14.7. The highest BCUT2D eigenvalue weighted by molar-refractivity contribution is 7.54. The van der Waals surface area contributed by atoms with Gasteiger partial charge < -0.3 is 14.2 Å². The maximum absolute atomic E-state index is 13.2. The average molecular weight is 343 g/mol. The van der Waals surface area contributed by atoms with E-state index in [-0.39, 0.29) is 5.75 Å². The monoisotopic (exact) mass is 343 g/mol. The number of phenols is 1. The smallest absolute Gasteiger partial charge is 0.351 e. The molecule has 0 amide bonds. The fraction of sp³-hybridized carbons (Fsp3) is 0.647. The van der Waals surface area contributed by atoms with Crippen molar-refractivity contribution in [2.24, 2.45) is 0 Å². The predicted molar refractivity (Wildman–Crippen MR) is 93.9 cm³/mol. The Morgan fingerprint density at radius 3 is 2.04 bits per heavy atom. The van der Waals surface area contributed by atoms with Gasteiger partial charge in [0.25, 0.3) is 0 Å². The minimum absolute atomic E-state index is 0.116. The van der Waals surface area contributed by atoms with Crippen LogP contribution in [0.3, 0.4) is 0 Å². The van der Waals surface area contributed by atoms with Crippen molar-refractivity contribution in [2.75, 3.05) is 27.3 Å². The van der Waals surface area contributed by atoms with Gasteiger partial charge in [-0.1, -0.05) is 44.9 Å². The minimum atomic E-state index is -3.41. The van der Waals surface area contributed by atoms with Gasteiger partial charge in [0, 0.05) is 19.8 Å². The predicted octanol–water partition coefficient (Wildman–Crippen LogP) is 4.78. The average Bonchev–Trinajstić information content (AvgIpc) is 2.58. The molecule has 0 aliphatic carbocycles. The summed E-state index contributed by atoms with van der Waals surface area (Å²) in [6.07, 6.45) is 4.06. The molecule has 0 aliphatic rings. The zero-order valence-corrected chi connectivity index (χ0v) is 15.6. The number of hydrogen-bond donors (Lipinski definition) is 1. The number of unbranched alkanes of at least 4 members (excludes halogenated alkanes) is 2. The summed E-state index contributed by atoms with van der Waals surface area (Å²) in [6, 6.07) is 6.98. The maximum Gasteiger partial charge on any atom is 0.351 e. The summed E-state index contributed by atoms with van der Waals surface area (Å²) in [5, 5.41) is 10.3. The van der Waals surface area contributed by atoms with E-state index >= 15 is 0 Å². The van der Waals surface area contributed by atoms with Crippen LogP contribution >= 0.6 is 7.60 Å². The Kier molecular flexibility index (Phi) is 8.85. The lowest BCUT2D eigenvalue weighted by atomic mass is 10.1. The summed E-state index contributed by atoms with van der Waals surface area (Å²) in [4.78, 5) is 2.12. The topological polar surface area (TPSA) is 59.0 Å². The molecule has 0 bridgehead atoms. The summed E-state index contributed by atoms with van der Waals surface area (Å²) in [5.74, 6) is -0.485. The normalized spacial score (nSPS) is 13.4. The molecule has 0 aliphatic heterocycles. The lowest BCUT2D eigenvalue weighted by Gasteiger charge is -2.35. The second-order valence-corrected chi connectivity index (χ2v) is 7.88. The van der Waals surface area contributed by atoms with Crippen LogP contribution in [0.2, 0.25) is 0 Å². The number of rotatable bonds is 11. The van der Waals surface area contributed by atoms with Crippen molar-refractivity contribution >= 4 is 7.60 Å². The molecule has 1 rings (SSSR count). The molecule has 5 nitrogen and oxygen atoms in total. The second kappa shape index (κ2) is 10.1. The highest BCUT2D eigenvalue weighted by atomic mass is 31.2. The number of para-hydroxylation sites is 1. The van der Waals surface area contributed by atoms with Gasteiger partial charge in [0.05, 0.1) is 0 Å². The van der Waals surface area contributed by atoms with Crippen LogP contribution in [0.5, 0.6) is 5.75 Å². The van der Waals surface area contributed by atoms with Gasteiger partial charge in [0.15, 0.2) is 0 Å². The first-order chi connectivity index (χ1) is 11.0. The Bertz CT molecular complexity index is 493. The van der Waals surface area contributed by atoms with Crippen molar-refractivity contribution in [1.29, 1.82) is 0 Å². The fourth-order valence-electron chi connectivity index (χ4n) is 2.63. The van der Waals surface area contributed by atoms with Crippen molar-refractivity contribution in [3.05, 3.63) is 29.8 Å². The summed E-state index contributed by atoms with van der Waals surface area (Å²) in [7, 11) is -0.615. The van der Waals surface area contributed by atoms with Crippen LogP contribution in [-0.4, -0.2) is 37.3 Å². The van der Waals surface area contributed by atoms with Gasteiger partial charge in [-0.05, 0) is 32.0 Å². The molecule has 0 heterocycles. The van der Waals surface area contributed by atoms with Gasteiger partial charge in [0.1, 0.15) is 11.5 Å². The first-order valence-electron chi connectivity index (χ1n) is 8.27. The maximum atomic E-state index is 13.2. The Morgan fingerprint density at radius 2 is 1.61 bits per heavy atom. The Balaban J connectivity index is 3.29. The molecular weight excluding hydrogens is 313 g/mol. The highest BCUT2D eigenvalue weighted by Crippen LogP contribution is 2.62. The molecule has 1 N–H and O–H groups in total. The lowest BCUT2D eigenvalue weighted by molar-refractivity contribution is 0.182. The van der Waals surface area contributed by atoms with Crippen LogP contribution in [0.1, 0.15) is 50.9 Å². The molecule has 6 heteroatoms. The Labute approximate surface area is 140 Å². The molecular formula is C17H30NO4P. The molecule has 23 heavy (non-hydrogen) atoms. The van der Waals surface area contributed by atoms with Crippen LogP contribution in [-0.2, 0) is 13.6 Å². The van der Waals surface area contributed by atoms with E-state index in [4.69, 9.17) is 9.05 Å². The minimum Gasteiger partial charge on any atom is -0.508 e. The number of aromatic hydroxyl groups is 1. The molecule has 0 spiro atoms. The van der Waals surface area contributed by atoms with Crippen molar-refractivity contribution in [1.82, 2.24) is 4.90 Å². The zero-order chi connectivity index (χ0) is 17.3. The molecule has 1 atom stereocenters. The summed E-state index contributed by atoms with van der Waals surface area (Å²) < 4.78 is 23.7. The highest BCUT2D eigenvalue weighted by Gasteiger charge is 2.40. The summed E-state index contributed by atoms with van der Waals surface area (Å²) in [6.45, 7) is 5.82. The van der Waals surface area contributed by atoms with E-state index in [2.05, 4.69) is 18.7 Å². The van der Waals surface area contributed by atoms with E-state index in [0.717, 1.165) is 38.8 Å². The first-order valence-corrected chi connectivity index (χ1v) is 9.88. The van der Waals surface area contributed by atoms with Crippen LogP contribution in [0.15, 0.2) is 24.3 Å². The van der Waals surface area contributed by atoms with Gasteiger partial charge in [-0.15, -0.1) is 0 Å². The third kappa shape index (κ3) is 5.32. The standard InChI is InChI=1S/C17H30NO4P/c1-5-7-13-18(14-8-6-2)17(23(20,21-3)22-4)15-11-9-10-12-16(15)19/h9-12,17,19H,5-8,13-14H2,1-4H3. The van der Waals surface area contributed by atoms with Crippen LogP contribution in [0, 0.1) is 0 Å². The van der Waals surface area contributed by atoms with Crippen molar-refractivity contribution < 1.29 is 18.7 Å². The molecule has 132 valence electrons. The fourth-order valence-corrected chi connectivity index (χ4v) is 4.36. The van der Waals surface area contributed by atoms with Crippen LogP contribution in [0.4, 0.5) is 0 Å². The molecule has 1 aromatic rings. The van der Waals surface area contributed by atoms with Crippen molar-refractivity contribution in [2.45, 2.75) is 45.3 Å². The van der Waals surface area contributed by atoms with E-state index in [1.807, 2.05) is 6.07 Å². The third-order valence-electron chi connectivity index (χ3n) is 3.97. The lowest BCUT2D eigenvalue weighted by Crippen LogP contribution is -2.31. The van der Waals surface area contributed by atoms with Gasteiger partial charge in [-0.3, -0.25) is 9.46 Å². The molecule has 0 saturated heterocycles. The van der Waals surface area contributed by atoms with E-state index < -0.39 is 13.4 Å². The summed E-state index contributed by atoms with van der Waals surface area (Å²) >= 11 is 0. The van der Waals surface area contributed by atoms with Crippen molar-refractivity contribution in [3.63, 3.8) is 0 Å². The van der Waals surface area contributed by atoms with Gasteiger partial charge in [0.2, 0.25) is 0 Å². The molecule has 1 aromatic carbocycles. The molecule has 1 unspecified atom stereocenters. The van der Waals surface area contributed by atoms with Gasteiger partial charge in [-0.2, -0.15) is 0 Å². The van der Waals surface area contributed by atoms with Crippen molar-refractivity contribution in [3.8, 4) is 5.75 Å².